The van der Waals surface area contributed by atoms with Gasteiger partial charge in [0.15, 0.2) is 12.4 Å². The SMILES string of the molecule is CC(=O)c1ccc(NC(=O)COC(=O)c2ccc(N3C(=O)[C@@H]4C5c6ccccc6C(c6ccccc65)[C@@H]4C3=O)cc2)cc1. The minimum atomic E-state index is -0.717. The Labute approximate surface area is 247 Å². The Kier molecular flexibility index (Phi) is 6.27. The number of nitrogens with zero attached hydrogens (tertiary/aromatic N) is 1. The van der Waals surface area contributed by atoms with Crippen LogP contribution in [-0.2, 0) is 19.1 Å². The van der Waals surface area contributed by atoms with Gasteiger partial charge in [-0.25, -0.2) is 9.69 Å². The first kappa shape index (κ1) is 26.5. The van der Waals surface area contributed by atoms with Crippen molar-refractivity contribution < 1.29 is 28.7 Å². The normalized spacial score (nSPS) is 21.1. The molecule has 1 N–H and O–H groups in total. The van der Waals surface area contributed by atoms with Crippen LogP contribution in [0.5, 0.6) is 0 Å². The molecule has 1 fully saturated rings. The number of esters is 1. The van der Waals surface area contributed by atoms with Gasteiger partial charge in [-0.05, 0) is 77.7 Å². The summed E-state index contributed by atoms with van der Waals surface area (Å²) >= 11 is 0. The Morgan fingerprint density at radius 1 is 0.674 bits per heavy atom. The fourth-order valence-electron chi connectivity index (χ4n) is 6.88. The van der Waals surface area contributed by atoms with Crippen LogP contribution in [0.4, 0.5) is 11.4 Å². The van der Waals surface area contributed by atoms with Crippen molar-refractivity contribution in [3.63, 3.8) is 0 Å². The molecule has 1 saturated heterocycles. The zero-order valence-corrected chi connectivity index (χ0v) is 23.2. The second-order valence-corrected chi connectivity index (χ2v) is 11.1. The number of rotatable bonds is 6. The number of carbonyl (C=O) groups excluding carboxylic acids is 5. The Morgan fingerprint density at radius 3 is 1.60 bits per heavy atom. The van der Waals surface area contributed by atoms with Crippen molar-refractivity contribution in [3.8, 4) is 0 Å². The third-order valence-corrected chi connectivity index (χ3v) is 8.72. The van der Waals surface area contributed by atoms with Gasteiger partial charge in [-0.2, -0.15) is 0 Å². The number of amides is 3. The molecule has 2 bridgehead atoms. The molecule has 212 valence electrons. The molecule has 8 heteroatoms. The predicted molar refractivity (Wildman–Crippen MR) is 158 cm³/mol. The Morgan fingerprint density at radius 2 is 1.14 bits per heavy atom. The lowest BCUT2D eigenvalue weighted by Crippen LogP contribution is -2.41. The predicted octanol–water partition coefficient (Wildman–Crippen LogP) is 5.08. The average molecular weight is 571 g/mol. The van der Waals surface area contributed by atoms with Crippen molar-refractivity contribution in [2.45, 2.75) is 18.8 Å². The Bertz CT molecular complexity index is 1710. The molecule has 3 amide bonds. The highest BCUT2D eigenvalue weighted by atomic mass is 16.5. The molecule has 8 rings (SSSR count). The van der Waals surface area contributed by atoms with Crippen LogP contribution in [0.25, 0.3) is 0 Å². The standard InChI is InChI=1S/C35H26N2O6/c1-19(38)20-10-14-22(15-11-20)36-28(39)18-43-35(42)21-12-16-23(17-13-21)37-33(40)31-29-24-6-2-3-7-25(24)30(32(31)34(37)41)27-9-5-4-8-26(27)29/h2-17,29-32H,18H2,1H3,(H,36,39)/t29?,30?,31-,32+. The van der Waals surface area contributed by atoms with E-state index in [4.69, 9.17) is 4.74 Å². The number of ketones is 1. The number of benzene rings is 4. The van der Waals surface area contributed by atoms with Gasteiger partial charge in [-0.15, -0.1) is 0 Å². The molecule has 1 heterocycles. The van der Waals surface area contributed by atoms with Crippen LogP contribution in [0, 0.1) is 11.8 Å². The summed E-state index contributed by atoms with van der Waals surface area (Å²) in [6.07, 6.45) is 0. The molecule has 0 spiro atoms. The van der Waals surface area contributed by atoms with Crippen LogP contribution in [-0.4, -0.2) is 36.1 Å². The summed E-state index contributed by atoms with van der Waals surface area (Å²) in [5.41, 5.74) is 5.97. The van der Waals surface area contributed by atoms with Crippen molar-refractivity contribution in [2.75, 3.05) is 16.8 Å². The Hall–Kier alpha value is -5.37. The van der Waals surface area contributed by atoms with Crippen LogP contribution < -0.4 is 10.2 Å². The van der Waals surface area contributed by atoms with Gasteiger partial charge < -0.3 is 10.1 Å². The monoisotopic (exact) mass is 570 g/mol. The number of Topliss-reactive ketones (excluding diaryl/α,β-unsaturated/α-hetero) is 1. The van der Waals surface area contributed by atoms with Gasteiger partial charge in [0.25, 0.3) is 5.91 Å². The van der Waals surface area contributed by atoms with Crippen LogP contribution in [0.15, 0.2) is 97.1 Å². The molecule has 0 radical (unpaired) electrons. The lowest BCUT2D eigenvalue weighted by atomic mass is 9.55. The topological polar surface area (TPSA) is 110 Å². The number of imide groups is 1. The first-order valence-corrected chi connectivity index (χ1v) is 14.1. The largest absolute Gasteiger partial charge is 0.452 e. The van der Waals surface area contributed by atoms with Gasteiger partial charge >= 0.3 is 5.97 Å². The highest BCUT2D eigenvalue weighted by molar-refractivity contribution is 6.23. The molecule has 8 nitrogen and oxygen atoms in total. The minimum absolute atomic E-state index is 0.0853. The Balaban J connectivity index is 1.06. The summed E-state index contributed by atoms with van der Waals surface area (Å²) in [6, 6.07) is 28.6. The van der Waals surface area contributed by atoms with E-state index in [0.29, 0.717) is 16.9 Å². The van der Waals surface area contributed by atoms with Gasteiger partial charge in [0.2, 0.25) is 11.8 Å². The second kappa shape index (κ2) is 10.2. The highest BCUT2D eigenvalue weighted by Crippen LogP contribution is 2.61. The van der Waals surface area contributed by atoms with Crippen molar-refractivity contribution in [3.05, 3.63) is 130 Å². The van der Waals surface area contributed by atoms with E-state index in [9.17, 15) is 24.0 Å². The minimum Gasteiger partial charge on any atom is -0.452 e. The first-order valence-electron chi connectivity index (χ1n) is 14.1. The number of ether oxygens (including phenoxy) is 1. The second-order valence-electron chi connectivity index (χ2n) is 11.1. The van der Waals surface area contributed by atoms with Gasteiger partial charge in [0, 0.05) is 23.1 Å². The smallest absolute Gasteiger partial charge is 0.338 e. The van der Waals surface area contributed by atoms with Crippen molar-refractivity contribution >= 4 is 40.8 Å². The van der Waals surface area contributed by atoms with Crippen LogP contribution in [0.2, 0.25) is 0 Å². The third-order valence-electron chi connectivity index (χ3n) is 8.72. The fraction of sp³-hybridized carbons (Fsp3) is 0.171. The zero-order chi connectivity index (χ0) is 29.8. The molecular formula is C35H26N2O6. The molecule has 1 aliphatic heterocycles. The summed E-state index contributed by atoms with van der Waals surface area (Å²) in [5.74, 6) is -3.20. The number of anilines is 2. The lowest BCUT2D eigenvalue weighted by molar-refractivity contribution is -0.122. The van der Waals surface area contributed by atoms with Gasteiger partial charge in [0.05, 0.1) is 23.1 Å². The maximum Gasteiger partial charge on any atom is 0.338 e. The quantitative estimate of drug-likeness (QED) is 0.197. The number of nitrogens with one attached hydrogen (secondary N) is 1. The molecule has 0 saturated carbocycles. The zero-order valence-electron chi connectivity index (χ0n) is 23.2. The maximum absolute atomic E-state index is 13.9. The van der Waals surface area contributed by atoms with E-state index >= 15 is 0 Å². The molecule has 2 atom stereocenters. The summed E-state index contributed by atoms with van der Waals surface area (Å²) in [4.78, 5) is 65.4. The molecule has 0 aromatic heterocycles. The summed E-state index contributed by atoms with van der Waals surface area (Å²) in [6.45, 7) is 0.944. The number of hydrogen-bond donors (Lipinski definition) is 1. The van der Waals surface area contributed by atoms with Crippen LogP contribution in [0.3, 0.4) is 0 Å². The maximum atomic E-state index is 13.9. The van der Waals surface area contributed by atoms with Gasteiger partial charge in [-0.1, -0.05) is 48.5 Å². The summed E-state index contributed by atoms with van der Waals surface area (Å²) in [5, 5.41) is 2.61. The van der Waals surface area contributed by atoms with E-state index in [-0.39, 0.29) is 35.0 Å². The van der Waals surface area contributed by atoms with Crippen molar-refractivity contribution in [2.24, 2.45) is 11.8 Å². The fourth-order valence-corrected chi connectivity index (χ4v) is 6.88. The van der Waals surface area contributed by atoms with Crippen molar-refractivity contribution in [1.82, 2.24) is 0 Å². The van der Waals surface area contributed by atoms with E-state index in [1.807, 2.05) is 24.3 Å². The summed E-state index contributed by atoms with van der Waals surface area (Å²) < 4.78 is 5.16. The van der Waals surface area contributed by atoms with Gasteiger partial charge in [0.1, 0.15) is 0 Å². The molecule has 4 aromatic rings. The highest BCUT2D eigenvalue weighted by Gasteiger charge is 2.61. The molecule has 4 aromatic carbocycles. The molecule has 3 aliphatic carbocycles. The third kappa shape index (κ3) is 4.25. The van der Waals surface area contributed by atoms with E-state index in [0.717, 1.165) is 22.3 Å². The van der Waals surface area contributed by atoms with E-state index in [1.54, 1.807) is 36.4 Å². The molecular weight excluding hydrogens is 544 g/mol. The van der Waals surface area contributed by atoms with E-state index in [2.05, 4.69) is 29.6 Å². The van der Waals surface area contributed by atoms with E-state index < -0.39 is 30.3 Å². The van der Waals surface area contributed by atoms with Crippen molar-refractivity contribution in [1.29, 1.82) is 0 Å². The lowest BCUT2D eigenvalue weighted by Gasteiger charge is -2.45. The molecule has 4 aliphatic rings. The molecule has 43 heavy (non-hydrogen) atoms. The average Bonchev–Trinajstić information content (AvgIpc) is 3.30. The van der Waals surface area contributed by atoms with E-state index in [1.165, 1.54) is 24.0 Å². The number of hydrogen-bond acceptors (Lipinski definition) is 6. The van der Waals surface area contributed by atoms with Crippen LogP contribution >= 0.6 is 0 Å². The molecule has 0 unspecified atom stereocenters. The number of carbonyl (C=O) groups is 5. The van der Waals surface area contributed by atoms with Crippen LogP contribution in [0.1, 0.15) is 61.7 Å². The van der Waals surface area contributed by atoms with Gasteiger partial charge in [-0.3, -0.25) is 19.2 Å². The first-order chi connectivity index (χ1) is 20.8. The summed E-state index contributed by atoms with van der Waals surface area (Å²) in [7, 11) is 0.